The summed E-state index contributed by atoms with van der Waals surface area (Å²) >= 11 is 1.67. The average Bonchev–Trinajstić information content (AvgIpc) is 3.02. The van der Waals surface area contributed by atoms with Crippen molar-refractivity contribution in [2.24, 2.45) is 0 Å². The van der Waals surface area contributed by atoms with Gasteiger partial charge in [0.2, 0.25) is 5.91 Å². The summed E-state index contributed by atoms with van der Waals surface area (Å²) in [6, 6.07) is 17.2. The van der Waals surface area contributed by atoms with E-state index in [1.54, 1.807) is 11.3 Å². The largest absolute Gasteiger partial charge is 0.481 e. The van der Waals surface area contributed by atoms with Crippen molar-refractivity contribution in [2.75, 3.05) is 0 Å². The fourth-order valence-corrected chi connectivity index (χ4v) is 3.64. The number of fused-ring (bicyclic) bond motifs is 1. The van der Waals surface area contributed by atoms with Gasteiger partial charge in [0.1, 0.15) is 0 Å². The molecule has 0 fully saturated rings. The number of nitrogens with one attached hydrogen (secondary N) is 1. The third kappa shape index (κ3) is 4.90. The van der Waals surface area contributed by atoms with E-state index in [4.69, 9.17) is 5.11 Å². The summed E-state index contributed by atoms with van der Waals surface area (Å²) in [6.07, 6.45) is 0.656. The topological polar surface area (TPSA) is 66.4 Å². The fraction of sp³-hybridized carbons (Fsp3) is 0.200. The highest BCUT2D eigenvalue weighted by molar-refractivity contribution is 7.17. The first-order valence-electron chi connectivity index (χ1n) is 8.11. The van der Waals surface area contributed by atoms with Crippen molar-refractivity contribution in [3.05, 3.63) is 71.1 Å². The zero-order valence-electron chi connectivity index (χ0n) is 13.6. The Labute approximate surface area is 150 Å². The standard InChI is InChI=1S/C20H19NO3S/c22-19(12-15-6-7-18-16(10-15)8-9-25-18)21-17(13-20(23)24)11-14-4-2-1-3-5-14/h1-10,17H,11-13H2,(H,21,22)(H,23,24)/t17-/m1/s1. The van der Waals surface area contributed by atoms with Gasteiger partial charge in [-0.2, -0.15) is 0 Å². The van der Waals surface area contributed by atoms with Crippen LogP contribution in [-0.2, 0) is 22.4 Å². The zero-order valence-corrected chi connectivity index (χ0v) is 14.5. The minimum absolute atomic E-state index is 0.0931. The third-order valence-electron chi connectivity index (χ3n) is 3.99. The Balaban J connectivity index is 1.65. The van der Waals surface area contributed by atoms with E-state index < -0.39 is 12.0 Å². The molecule has 3 rings (SSSR count). The third-order valence-corrected chi connectivity index (χ3v) is 4.89. The lowest BCUT2D eigenvalue weighted by Crippen LogP contribution is -2.38. The van der Waals surface area contributed by atoms with E-state index >= 15 is 0 Å². The number of carboxylic acid groups (broad SMARTS) is 1. The van der Waals surface area contributed by atoms with Gasteiger partial charge in [0.25, 0.3) is 0 Å². The van der Waals surface area contributed by atoms with Crippen LogP contribution in [0.3, 0.4) is 0 Å². The van der Waals surface area contributed by atoms with Crippen LogP contribution in [0.1, 0.15) is 17.5 Å². The number of hydrogen-bond acceptors (Lipinski definition) is 3. The molecule has 1 aromatic heterocycles. The van der Waals surface area contributed by atoms with Crippen LogP contribution in [0.2, 0.25) is 0 Å². The van der Waals surface area contributed by atoms with Gasteiger partial charge in [-0.15, -0.1) is 11.3 Å². The van der Waals surface area contributed by atoms with Gasteiger partial charge in [-0.25, -0.2) is 0 Å². The predicted octanol–water partition coefficient (Wildman–Crippen LogP) is 3.65. The normalized spacial score (nSPS) is 12.0. The molecule has 2 N–H and O–H groups in total. The molecule has 1 amide bonds. The van der Waals surface area contributed by atoms with E-state index in [1.807, 2.05) is 60.0 Å². The van der Waals surface area contributed by atoms with E-state index in [9.17, 15) is 9.59 Å². The average molecular weight is 353 g/mol. The van der Waals surface area contributed by atoms with E-state index in [1.165, 1.54) is 4.70 Å². The maximum Gasteiger partial charge on any atom is 0.305 e. The molecule has 4 nitrogen and oxygen atoms in total. The van der Waals surface area contributed by atoms with Crippen molar-refractivity contribution < 1.29 is 14.7 Å². The van der Waals surface area contributed by atoms with Crippen molar-refractivity contribution in [2.45, 2.75) is 25.3 Å². The monoisotopic (exact) mass is 353 g/mol. The SMILES string of the molecule is O=C(O)C[C@@H](Cc1ccccc1)NC(=O)Cc1ccc2sccc2c1. The Hall–Kier alpha value is -2.66. The quantitative estimate of drug-likeness (QED) is 0.681. The maximum atomic E-state index is 12.4. The molecular formula is C20H19NO3S. The van der Waals surface area contributed by atoms with Crippen molar-refractivity contribution in [1.82, 2.24) is 5.32 Å². The van der Waals surface area contributed by atoms with Gasteiger partial charge >= 0.3 is 5.97 Å². The zero-order chi connectivity index (χ0) is 17.6. The van der Waals surface area contributed by atoms with E-state index in [0.717, 1.165) is 16.5 Å². The second kappa shape index (κ2) is 7.94. The Morgan fingerprint density at radius 1 is 1.04 bits per heavy atom. The Morgan fingerprint density at radius 3 is 2.60 bits per heavy atom. The van der Waals surface area contributed by atoms with E-state index in [-0.39, 0.29) is 18.7 Å². The van der Waals surface area contributed by atoms with Crippen LogP contribution in [0, 0.1) is 0 Å². The van der Waals surface area contributed by atoms with Gasteiger partial charge in [-0.3, -0.25) is 9.59 Å². The van der Waals surface area contributed by atoms with Crippen LogP contribution in [0.15, 0.2) is 60.0 Å². The van der Waals surface area contributed by atoms with Gasteiger partial charge in [0.05, 0.1) is 12.8 Å². The van der Waals surface area contributed by atoms with E-state index in [0.29, 0.717) is 6.42 Å². The molecule has 25 heavy (non-hydrogen) atoms. The van der Waals surface area contributed by atoms with Crippen LogP contribution in [0.25, 0.3) is 10.1 Å². The summed E-state index contributed by atoms with van der Waals surface area (Å²) in [7, 11) is 0. The van der Waals surface area contributed by atoms with Crippen LogP contribution < -0.4 is 5.32 Å². The highest BCUT2D eigenvalue weighted by Crippen LogP contribution is 2.22. The Morgan fingerprint density at radius 2 is 1.84 bits per heavy atom. The molecule has 0 unspecified atom stereocenters. The van der Waals surface area contributed by atoms with Crippen LogP contribution in [0.5, 0.6) is 0 Å². The molecule has 2 aromatic carbocycles. The molecule has 128 valence electrons. The van der Waals surface area contributed by atoms with Crippen molar-refractivity contribution >= 4 is 33.3 Å². The molecule has 0 radical (unpaired) electrons. The molecule has 1 heterocycles. The molecule has 0 aliphatic rings. The molecule has 0 aliphatic heterocycles. The van der Waals surface area contributed by atoms with Crippen molar-refractivity contribution in [1.29, 1.82) is 0 Å². The minimum Gasteiger partial charge on any atom is -0.481 e. The summed E-state index contributed by atoms with van der Waals surface area (Å²) in [5.41, 5.74) is 1.94. The highest BCUT2D eigenvalue weighted by atomic mass is 32.1. The summed E-state index contributed by atoms with van der Waals surface area (Å²) < 4.78 is 1.19. The lowest BCUT2D eigenvalue weighted by atomic mass is 10.0. The predicted molar refractivity (Wildman–Crippen MR) is 99.9 cm³/mol. The minimum atomic E-state index is -0.916. The lowest BCUT2D eigenvalue weighted by Gasteiger charge is -2.17. The number of carbonyl (C=O) groups is 2. The first-order valence-corrected chi connectivity index (χ1v) is 8.99. The smallest absolute Gasteiger partial charge is 0.305 e. The van der Waals surface area contributed by atoms with Crippen LogP contribution >= 0.6 is 11.3 Å². The van der Waals surface area contributed by atoms with Crippen molar-refractivity contribution in [3.63, 3.8) is 0 Å². The molecule has 5 heteroatoms. The molecule has 3 aromatic rings. The first-order chi connectivity index (χ1) is 12.1. The fourth-order valence-electron chi connectivity index (χ4n) is 2.87. The highest BCUT2D eigenvalue weighted by Gasteiger charge is 2.17. The number of carbonyl (C=O) groups excluding carboxylic acids is 1. The summed E-state index contributed by atoms with van der Waals surface area (Å²) in [4.78, 5) is 23.5. The number of amides is 1. The first kappa shape index (κ1) is 17.2. The summed E-state index contributed by atoms with van der Waals surface area (Å²) in [6.45, 7) is 0. The van der Waals surface area contributed by atoms with Gasteiger partial charge in [-0.05, 0) is 46.5 Å². The van der Waals surface area contributed by atoms with Gasteiger partial charge in [-0.1, -0.05) is 36.4 Å². The van der Waals surface area contributed by atoms with E-state index in [2.05, 4.69) is 5.32 Å². The molecule has 0 aliphatic carbocycles. The number of rotatable bonds is 7. The number of carboxylic acids is 1. The Bertz CT molecular complexity index is 873. The molecule has 0 saturated carbocycles. The van der Waals surface area contributed by atoms with Crippen molar-refractivity contribution in [3.8, 4) is 0 Å². The summed E-state index contributed by atoms with van der Waals surface area (Å²) in [5.74, 6) is -1.07. The maximum absolute atomic E-state index is 12.4. The number of thiophene rings is 1. The summed E-state index contributed by atoms with van der Waals surface area (Å²) in [5, 5.41) is 15.1. The number of hydrogen-bond donors (Lipinski definition) is 2. The van der Waals surface area contributed by atoms with Gasteiger partial charge < -0.3 is 10.4 Å². The molecule has 1 atom stereocenters. The second-order valence-corrected chi connectivity index (χ2v) is 6.97. The van der Waals surface area contributed by atoms with Gasteiger partial charge in [0.15, 0.2) is 0 Å². The number of benzene rings is 2. The van der Waals surface area contributed by atoms with Gasteiger partial charge in [0, 0.05) is 10.7 Å². The molecule has 0 saturated heterocycles. The molecule has 0 spiro atoms. The van der Waals surface area contributed by atoms with Crippen LogP contribution in [-0.4, -0.2) is 23.0 Å². The lowest BCUT2D eigenvalue weighted by molar-refractivity contribution is -0.137. The molecule has 0 bridgehead atoms. The number of aliphatic carboxylic acids is 1. The van der Waals surface area contributed by atoms with Crippen LogP contribution in [0.4, 0.5) is 0 Å². The second-order valence-electron chi connectivity index (χ2n) is 6.02. The Kier molecular flexibility index (Phi) is 5.46. The molecular weight excluding hydrogens is 334 g/mol.